The van der Waals surface area contributed by atoms with Gasteiger partial charge in [-0.1, -0.05) is 28.1 Å². The van der Waals surface area contributed by atoms with E-state index in [2.05, 4.69) is 57.0 Å². The van der Waals surface area contributed by atoms with Crippen molar-refractivity contribution in [1.29, 1.82) is 0 Å². The molecule has 2 rings (SSSR count). The third kappa shape index (κ3) is 3.57. The minimum absolute atomic E-state index is 0.0317. The molecule has 1 atom stereocenters. The van der Waals surface area contributed by atoms with Gasteiger partial charge in [0.15, 0.2) is 0 Å². The van der Waals surface area contributed by atoms with Crippen LogP contribution in [-0.4, -0.2) is 0 Å². The summed E-state index contributed by atoms with van der Waals surface area (Å²) in [4.78, 5) is 2.50. The Labute approximate surface area is 127 Å². The van der Waals surface area contributed by atoms with Crippen molar-refractivity contribution in [3.8, 4) is 0 Å². The SMILES string of the molecule is Cc1cc(Br)c(C(Cl)Cc2ccc(Br)cc2)s1. The Morgan fingerprint density at radius 2 is 1.88 bits per heavy atom. The molecule has 0 fully saturated rings. The van der Waals surface area contributed by atoms with Crippen molar-refractivity contribution in [2.45, 2.75) is 18.7 Å². The molecule has 0 saturated heterocycles. The van der Waals surface area contributed by atoms with Crippen LogP contribution in [0.15, 0.2) is 39.3 Å². The molecular formula is C13H11Br2ClS. The maximum Gasteiger partial charge on any atom is 0.0730 e. The van der Waals surface area contributed by atoms with E-state index < -0.39 is 0 Å². The van der Waals surface area contributed by atoms with Crippen LogP contribution in [-0.2, 0) is 6.42 Å². The molecule has 4 heteroatoms. The molecule has 0 bridgehead atoms. The Hall–Kier alpha value is 0.170. The van der Waals surface area contributed by atoms with Crippen molar-refractivity contribution in [3.63, 3.8) is 0 Å². The predicted octanol–water partition coefficient (Wildman–Crippen LogP) is 6.10. The van der Waals surface area contributed by atoms with Crippen LogP contribution < -0.4 is 0 Å². The molecule has 0 radical (unpaired) electrons. The van der Waals surface area contributed by atoms with E-state index in [1.54, 1.807) is 11.3 Å². The molecule has 1 unspecified atom stereocenters. The van der Waals surface area contributed by atoms with E-state index in [0.717, 1.165) is 15.4 Å². The van der Waals surface area contributed by atoms with E-state index in [-0.39, 0.29) is 5.38 Å². The van der Waals surface area contributed by atoms with E-state index in [0.29, 0.717) is 0 Å². The molecule has 1 heterocycles. The summed E-state index contributed by atoms with van der Waals surface area (Å²) < 4.78 is 2.22. The first-order valence-electron chi connectivity index (χ1n) is 5.20. The second kappa shape index (κ2) is 5.87. The number of rotatable bonds is 3. The van der Waals surface area contributed by atoms with Gasteiger partial charge in [-0.05, 0) is 53.0 Å². The van der Waals surface area contributed by atoms with Crippen LogP contribution in [0, 0.1) is 6.92 Å². The highest BCUT2D eigenvalue weighted by Gasteiger charge is 2.15. The van der Waals surface area contributed by atoms with Crippen molar-refractivity contribution in [3.05, 3.63) is 54.6 Å². The van der Waals surface area contributed by atoms with Crippen molar-refractivity contribution in [2.75, 3.05) is 0 Å². The number of benzene rings is 1. The molecule has 0 aliphatic heterocycles. The van der Waals surface area contributed by atoms with Gasteiger partial charge in [0.05, 0.1) is 5.38 Å². The first-order valence-corrected chi connectivity index (χ1v) is 8.04. The fraction of sp³-hybridized carbons (Fsp3) is 0.231. The van der Waals surface area contributed by atoms with Crippen molar-refractivity contribution >= 4 is 54.8 Å². The Bertz CT molecular complexity index is 505. The molecular weight excluding hydrogens is 383 g/mol. The molecule has 1 aromatic heterocycles. The Morgan fingerprint density at radius 3 is 2.41 bits per heavy atom. The van der Waals surface area contributed by atoms with Crippen LogP contribution in [0.2, 0.25) is 0 Å². The summed E-state index contributed by atoms with van der Waals surface area (Å²) in [7, 11) is 0. The van der Waals surface area contributed by atoms with Gasteiger partial charge in [-0.25, -0.2) is 0 Å². The number of thiophene rings is 1. The van der Waals surface area contributed by atoms with E-state index in [4.69, 9.17) is 11.6 Å². The van der Waals surface area contributed by atoms with Crippen LogP contribution in [0.25, 0.3) is 0 Å². The second-order valence-corrected chi connectivity index (χ2v) is 7.45. The van der Waals surface area contributed by atoms with Gasteiger partial charge in [-0.3, -0.25) is 0 Å². The van der Waals surface area contributed by atoms with Crippen LogP contribution in [0.4, 0.5) is 0 Å². The largest absolute Gasteiger partial charge is 0.143 e. The average molecular weight is 395 g/mol. The summed E-state index contributed by atoms with van der Waals surface area (Å²) >= 11 is 15.2. The molecule has 0 nitrogen and oxygen atoms in total. The Balaban J connectivity index is 2.14. The van der Waals surface area contributed by atoms with Gasteiger partial charge in [-0.2, -0.15) is 0 Å². The minimum atomic E-state index is 0.0317. The molecule has 0 spiro atoms. The smallest absolute Gasteiger partial charge is 0.0730 e. The minimum Gasteiger partial charge on any atom is -0.143 e. The van der Waals surface area contributed by atoms with Gasteiger partial charge in [0.2, 0.25) is 0 Å². The lowest BCUT2D eigenvalue weighted by atomic mass is 10.1. The predicted molar refractivity (Wildman–Crippen MR) is 83.2 cm³/mol. The quantitative estimate of drug-likeness (QED) is 0.552. The summed E-state index contributed by atoms with van der Waals surface area (Å²) in [5, 5.41) is 0.0317. The number of alkyl halides is 1. The third-order valence-corrected chi connectivity index (χ3v) is 5.56. The fourth-order valence-corrected chi connectivity index (χ4v) is 4.37. The highest BCUT2D eigenvalue weighted by Crippen LogP contribution is 2.37. The maximum absolute atomic E-state index is 6.47. The first-order chi connectivity index (χ1) is 8.06. The number of aryl methyl sites for hydroxylation is 1. The van der Waals surface area contributed by atoms with Gasteiger partial charge in [0.1, 0.15) is 0 Å². The van der Waals surface area contributed by atoms with Crippen molar-refractivity contribution in [2.24, 2.45) is 0 Å². The molecule has 0 aliphatic carbocycles. The summed E-state index contributed by atoms with van der Waals surface area (Å²) in [5.41, 5.74) is 1.26. The zero-order valence-corrected chi connectivity index (χ0v) is 14.0. The molecule has 0 N–H and O–H groups in total. The number of hydrogen-bond acceptors (Lipinski definition) is 1. The molecule has 0 amide bonds. The normalized spacial score (nSPS) is 12.7. The molecule has 0 saturated carbocycles. The summed E-state index contributed by atoms with van der Waals surface area (Å²) in [5.74, 6) is 0. The zero-order chi connectivity index (χ0) is 12.4. The highest BCUT2D eigenvalue weighted by atomic mass is 79.9. The summed E-state index contributed by atoms with van der Waals surface area (Å²) in [6.07, 6.45) is 0.855. The molecule has 0 aliphatic rings. The van der Waals surface area contributed by atoms with E-state index in [1.165, 1.54) is 15.3 Å². The van der Waals surface area contributed by atoms with Crippen molar-refractivity contribution < 1.29 is 0 Å². The lowest BCUT2D eigenvalue weighted by Gasteiger charge is -2.08. The Kier molecular flexibility index (Phi) is 4.70. The second-order valence-electron chi connectivity index (χ2n) is 3.87. The van der Waals surface area contributed by atoms with E-state index in [1.807, 2.05) is 12.1 Å². The van der Waals surface area contributed by atoms with E-state index >= 15 is 0 Å². The van der Waals surface area contributed by atoms with Gasteiger partial charge in [-0.15, -0.1) is 22.9 Å². The van der Waals surface area contributed by atoms with Gasteiger partial charge in [0.25, 0.3) is 0 Å². The highest BCUT2D eigenvalue weighted by molar-refractivity contribution is 9.10. The molecule has 2 aromatic rings. The zero-order valence-electron chi connectivity index (χ0n) is 9.21. The van der Waals surface area contributed by atoms with E-state index in [9.17, 15) is 0 Å². The Morgan fingerprint density at radius 1 is 1.24 bits per heavy atom. The van der Waals surface area contributed by atoms with Gasteiger partial charge < -0.3 is 0 Å². The molecule has 1 aromatic carbocycles. The lowest BCUT2D eigenvalue weighted by molar-refractivity contribution is 0.935. The lowest BCUT2D eigenvalue weighted by Crippen LogP contribution is -1.93. The van der Waals surface area contributed by atoms with Crippen LogP contribution in [0.1, 0.15) is 20.7 Å². The summed E-state index contributed by atoms with van der Waals surface area (Å²) in [6.45, 7) is 2.10. The maximum atomic E-state index is 6.47. The molecule has 17 heavy (non-hydrogen) atoms. The molecule has 90 valence electrons. The monoisotopic (exact) mass is 392 g/mol. The third-order valence-electron chi connectivity index (χ3n) is 2.45. The van der Waals surface area contributed by atoms with Gasteiger partial charge >= 0.3 is 0 Å². The standard InChI is InChI=1S/C13H11Br2ClS/c1-8-6-11(15)13(17-8)12(16)7-9-2-4-10(14)5-3-9/h2-6,12H,7H2,1H3. The van der Waals surface area contributed by atoms with Crippen LogP contribution in [0.5, 0.6) is 0 Å². The first kappa shape index (κ1) is 13.6. The number of halogens is 3. The average Bonchev–Trinajstić information content (AvgIpc) is 2.61. The van der Waals surface area contributed by atoms with Gasteiger partial charge in [0, 0.05) is 18.7 Å². The van der Waals surface area contributed by atoms with Crippen LogP contribution in [0.3, 0.4) is 0 Å². The topological polar surface area (TPSA) is 0 Å². The number of hydrogen-bond donors (Lipinski definition) is 0. The van der Waals surface area contributed by atoms with Crippen LogP contribution >= 0.6 is 54.8 Å². The fourth-order valence-electron chi connectivity index (χ4n) is 1.63. The van der Waals surface area contributed by atoms with Crippen molar-refractivity contribution in [1.82, 2.24) is 0 Å². The summed E-state index contributed by atoms with van der Waals surface area (Å²) in [6, 6.07) is 10.4.